The van der Waals surface area contributed by atoms with E-state index in [1.165, 1.54) is 4.68 Å². The summed E-state index contributed by atoms with van der Waals surface area (Å²) >= 11 is 0. The smallest absolute Gasteiger partial charge is 0.275 e. The molecule has 5 heteroatoms. The maximum absolute atomic E-state index is 12.2. The van der Waals surface area contributed by atoms with Crippen LogP contribution in [-0.4, -0.2) is 21.1 Å². The largest absolute Gasteiger partial charge is 0.493 e. The van der Waals surface area contributed by atoms with Crippen LogP contribution >= 0.6 is 0 Å². The maximum Gasteiger partial charge on any atom is 0.275 e. The van der Waals surface area contributed by atoms with Gasteiger partial charge in [-0.05, 0) is 24.3 Å². The number of benzene rings is 2. The molecule has 1 aromatic heterocycles. The van der Waals surface area contributed by atoms with Crippen LogP contribution in [0.15, 0.2) is 64.4 Å². The number of aromatic amines is 1. The Kier molecular flexibility index (Phi) is 2.98. The summed E-state index contributed by atoms with van der Waals surface area (Å²) in [6.07, 6.45) is 3.35. The second-order valence-electron chi connectivity index (χ2n) is 5.22. The van der Waals surface area contributed by atoms with Crippen molar-refractivity contribution in [2.24, 2.45) is 4.99 Å². The van der Waals surface area contributed by atoms with Crippen molar-refractivity contribution in [3.63, 3.8) is 0 Å². The molecule has 2 N–H and O–H groups in total. The van der Waals surface area contributed by atoms with E-state index in [0.717, 1.165) is 16.8 Å². The molecule has 5 nitrogen and oxygen atoms in total. The Morgan fingerprint density at radius 1 is 1.04 bits per heavy atom. The van der Waals surface area contributed by atoms with Gasteiger partial charge < -0.3 is 5.11 Å². The molecule has 4 rings (SSSR count). The van der Waals surface area contributed by atoms with E-state index in [2.05, 4.69) is 10.1 Å². The number of hydrogen-bond acceptors (Lipinski definition) is 3. The van der Waals surface area contributed by atoms with Gasteiger partial charge in [0.1, 0.15) is 5.56 Å². The zero-order chi connectivity index (χ0) is 15.8. The molecule has 112 valence electrons. The summed E-state index contributed by atoms with van der Waals surface area (Å²) in [5.41, 5.74) is 3.15. The molecular weight excluding hydrogens is 290 g/mol. The van der Waals surface area contributed by atoms with Gasteiger partial charge in [0.2, 0.25) is 5.88 Å². The molecule has 3 aromatic rings. The number of nitrogens with one attached hydrogen (secondary N) is 1. The second kappa shape index (κ2) is 5.14. The zero-order valence-electron chi connectivity index (χ0n) is 12.1. The van der Waals surface area contributed by atoms with Crippen molar-refractivity contribution in [2.75, 3.05) is 0 Å². The first-order chi connectivity index (χ1) is 11.2. The molecule has 0 aliphatic carbocycles. The number of nitrogens with zero attached hydrogens (tertiary/aromatic N) is 2. The third kappa shape index (κ3) is 2.19. The van der Waals surface area contributed by atoms with Crippen LogP contribution in [0.5, 0.6) is 5.88 Å². The number of aromatic hydroxyl groups is 1. The lowest BCUT2D eigenvalue weighted by molar-refractivity contribution is 0.432. The Morgan fingerprint density at radius 2 is 1.78 bits per heavy atom. The molecule has 2 aromatic carbocycles. The highest BCUT2D eigenvalue weighted by Crippen LogP contribution is 2.33. The Balaban J connectivity index is 1.83. The fraction of sp³-hybridized carbons (Fsp3) is 0. The number of aliphatic imine (C=N–C) groups is 1. The number of para-hydroxylation sites is 2. The Hall–Kier alpha value is -3.34. The van der Waals surface area contributed by atoms with Crippen LogP contribution in [0, 0.1) is 0 Å². The van der Waals surface area contributed by atoms with E-state index in [9.17, 15) is 9.90 Å². The first-order valence-corrected chi connectivity index (χ1v) is 7.18. The number of H-pyrrole nitrogens is 1. The van der Waals surface area contributed by atoms with Crippen molar-refractivity contribution >= 4 is 23.6 Å². The molecule has 0 unspecified atom stereocenters. The molecule has 0 amide bonds. The number of rotatable bonds is 2. The van der Waals surface area contributed by atoms with Gasteiger partial charge >= 0.3 is 0 Å². The van der Waals surface area contributed by atoms with E-state index < -0.39 is 0 Å². The molecule has 0 saturated carbocycles. The number of fused-ring (bicyclic) bond motifs is 1. The highest BCUT2D eigenvalue weighted by molar-refractivity contribution is 6.21. The lowest BCUT2D eigenvalue weighted by Gasteiger charge is -2.03. The summed E-state index contributed by atoms with van der Waals surface area (Å²) in [5, 5.41) is 13.1. The molecule has 0 atom stereocenters. The quantitative estimate of drug-likeness (QED) is 0.763. The molecule has 0 saturated heterocycles. The minimum atomic E-state index is -0.350. The number of hydrogen-bond donors (Lipinski definition) is 2. The normalized spacial score (nSPS) is 14.3. The monoisotopic (exact) mass is 303 g/mol. The van der Waals surface area contributed by atoms with Crippen molar-refractivity contribution in [1.29, 1.82) is 0 Å². The van der Waals surface area contributed by atoms with Crippen LogP contribution in [0.25, 0.3) is 17.3 Å². The van der Waals surface area contributed by atoms with Gasteiger partial charge in [0.25, 0.3) is 5.56 Å². The van der Waals surface area contributed by atoms with Crippen LogP contribution in [0.4, 0.5) is 5.69 Å². The van der Waals surface area contributed by atoms with E-state index in [4.69, 9.17) is 0 Å². The van der Waals surface area contributed by atoms with E-state index in [0.29, 0.717) is 5.69 Å². The zero-order valence-corrected chi connectivity index (χ0v) is 12.1. The van der Waals surface area contributed by atoms with Gasteiger partial charge in [0.15, 0.2) is 0 Å². The van der Waals surface area contributed by atoms with Crippen LogP contribution in [0.2, 0.25) is 0 Å². The lowest BCUT2D eigenvalue weighted by atomic mass is 10.1. The van der Waals surface area contributed by atoms with Gasteiger partial charge in [0.05, 0.1) is 11.4 Å². The van der Waals surface area contributed by atoms with Crippen LogP contribution < -0.4 is 5.56 Å². The highest BCUT2D eigenvalue weighted by atomic mass is 16.3. The van der Waals surface area contributed by atoms with Gasteiger partial charge in [-0.15, -0.1) is 0 Å². The fourth-order valence-corrected chi connectivity index (χ4v) is 2.64. The van der Waals surface area contributed by atoms with Crippen LogP contribution in [-0.2, 0) is 0 Å². The highest BCUT2D eigenvalue weighted by Gasteiger charge is 2.17. The molecule has 23 heavy (non-hydrogen) atoms. The Bertz CT molecular complexity index is 995. The average molecular weight is 303 g/mol. The second-order valence-corrected chi connectivity index (χ2v) is 5.22. The van der Waals surface area contributed by atoms with E-state index in [1.54, 1.807) is 24.4 Å². The summed E-state index contributed by atoms with van der Waals surface area (Å²) < 4.78 is 1.37. The van der Waals surface area contributed by atoms with Crippen molar-refractivity contribution in [1.82, 2.24) is 9.78 Å². The number of aromatic nitrogens is 2. The molecule has 0 spiro atoms. The summed E-state index contributed by atoms with van der Waals surface area (Å²) in [6.45, 7) is 0. The molecular formula is C18H13N3O2. The minimum Gasteiger partial charge on any atom is -0.493 e. The Labute approximate surface area is 131 Å². The van der Waals surface area contributed by atoms with Crippen molar-refractivity contribution in [3.8, 4) is 11.6 Å². The van der Waals surface area contributed by atoms with Gasteiger partial charge in [-0.25, -0.2) is 4.68 Å². The van der Waals surface area contributed by atoms with Gasteiger partial charge in [-0.3, -0.25) is 14.9 Å². The summed E-state index contributed by atoms with van der Waals surface area (Å²) in [4.78, 5) is 16.5. The summed E-state index contributed by atoms with van der Waals surface area (Å²) in [7, 11) is 0. The maximum atomic E-state index is 12.2. The fourth-order valence-electron chi connectivity index (χ4n) is 2.64. The standard InChI is InChI=1S/C18H13N3O2/c22-17-15(10-12-11-19-16-9-5-4-8-14(12)16)18(23)21(20-17)13-6-2-1-3-7-13/h1-11,23H,(H,20,22)/b12-10-. The predicted molar refractivity (Wildman–Crippen MR) is 90.5 cm³/mol. The third-order valence-corrected chi connectivity index (χ3v) is 3.78. The van der Waals surface area contributed by atoms with Crippen molar-refractivity contribution in [2.45, 2.75) is 0 Å². The summed E-state index contributed by atoms with van der Waals surface area (Å²) in [6, 6.07) is 16.8. The molecule has 2 heterocycles. The van der Waals surface area contributed by atoms with Gasteiger partial charge in [-0.1, -0.05) is 36.4 Å². The third-order valence-electron chi connectivity index (χ3n) is 3.78. The van der Waals surface area contributed by atoms with Gasteiger partial charge in [-0.2, -0.15) is 0 Å². The molecule has 0 radical (unpaired) electrons. The number of allylic oxidation sites excluding steroid dienone is 1. The van der Waals surface area contributed by atoms with Crippen molar-refractivity contribution in [3.05, 3.63) is 76.1 Å². The predicted octanol–water partition coefficient (Wildman–Crippen LogP) is 3.13. The molecule has 1 aliphatic rings. The van der Waals surface area contributed by atoms with E-state index >= 15 is 0 Å². The Morgan fingerprint density at radius 3 is 2.61 bits per heavy atom. The van der Waals surface area contributed by atoms with Crippen LogP contribution in [0.3, 0.4) is 0 Å². The summed E-state index contributed by atoms with van der Waals surface area (Å²) in [5.74, 6) is -0.119. The molecule has 1 aliphatic heterocycles. The van der Waals surface area contributed by atoms with Crippen LogP contribution in [0.1, 0.15) is 11.1 Å². The molecule has 0 fully saturated rings. The van der Waals surface area contributed by atoms with Gasteiger partial charge in [0, 0.05) is 17.4 Å². The first-order valence-electron chi connectivity index (χ1n) is 7.18. The van der Waals surface area contributed by atoms with Crippen molar-refractivity contribution < 1.29 is 5.11 Å². The van der Waals surface area contributed by atoms with E-state index in [-0.39, 0.29) is 17.0 Å². The lowest BCUT2D eigenvalue weighted by Crippen LogP contribution is -2.05. The SMILES string of the molecule is O=c1[nH]n(-c2ccccc2)c(O)c1/C=C1/C=Nc2ccccc21. The molecule has 0 bridgehead atoms. The average Bonchev–Trinajstić information content (AvgIpc) is 3.12. The first kappa shape index (κ1) is 13.3. The van der Waals surface area contributed by atoms with E-state index in [1.807, 2.05) is 42.5 Å². The minimum absolute atomic E-state index is 0.119. The topological polar surface area (TPSA) is 70.4 Å².